The van der Waals surface area contributed by atoms with Crippen LogP contribution in [0.25, 0.3) is 0 Å². The molecule has 20 heavy (non-hydrogen) atoms. The van der Waals surface area contributed by atoms with Crippen LogP contribution >= 0.6 is 0 Å². The molecule has 1 N–H and O–H groups in total. The number of carbonyl (C=O) groups excluding carboxylic acids is 1. The number of hydrogen-bond acceptors (Lipinski definition) is 3. The third-order valence-corrected chi connectivity index (χ3v) is 4.07. The van der Waals surface area contributed by atoms with Crippen molar-refractivity contribution in [3.05, 3.63) is 0 Å². The van der Waals surface area contributed by atoms with Gasteiger partial charge in [-0.2, -0.15) is 0 Å². The van der Waals surface area contributed by atoms with Gasteiger partial charge in [0.05, 0.1) is 12.2 Å². The summed E-state index contributed by atoms with van der Waals surface area (Å²) in [4.78, 5) is 14.6. The maximum atomic E-state index is 12.6. The second-order valence-electron chi connectivity index (χ2n) is 6.69. The number of hydrogen-bond donors (Lipinski definition) is 1. The van der Waals surface area contributed by atoms with Crippen molar-refractivity contribution in [2.75, 3.05) is 20.3 Å². The first-order valence-corrected chi connectivity index (χ1v) is 8.00. The van der Waals surface area contributed by atoms with Crippen molar-refractivity contribution >= 4 is 5.91 Å². The lowest BCUT2D eigenvalue weighted by Crippen LogP contribution is -2.43. The van der Waals surface area contributed by atoms with Gasteiger partial charge in [0.15, 0.2) is 0 Å². The van der Waals surface area contributed by atoms with E-state index < -0.39 is 0 Å². The molecule has 1 heterocycles. The van der Waals surface area contributed by atoms with E-state index in [4.69, 9.17) is 4.74 Å². The fraction of sp³-hybridized carbons (Fsp3) is 0.938. The van der Waals surface area contributed by atoms with Crippen molar-refractivity contribution in [3.63, 3.8) is 0 Å². The Bertz CT molecular complexity index is 305. The molecule has 1 amide bonds. The molecule has 0 aromatic carbocycles. The molecule has 0 radical (unpaired) electrons. The second-order valence-corrected chi connectivity index (χ2v) is 6.69. The molecule has 2 unspecified atom stereocenters. The summed E-state index contributed by atoms with van der Waals surface area (Å²) < 4.78 is 5.18. The minimum Gasteiger partial charge on any atom is -0.385 e. The van der Waals surface area contributed by atoms with Crippen molar-refractivity contribution in [1.29, 1.82) is 0 Å². The predicted octanol–water partition coefficient (Wildman–Crippen LogP) is 2.78. The Balaban J connectivity index is 2.70. The van der Waals surface area contributed by atoms with Crippen LogP contribution in [0.15, 0.2) is 0 Å². The fourth-order valence-corrected chi connectivity index (χ4v) is 2.86. The van der Waals surface area contributed by atoms with E-state index in [1.165, 1.54) is 0 Å². The van der Waals surface area contributed by atoms with Crippen LogP contribution in [0, 0.1) is 5.41 Å². The highest BCUT2D eigenvalue weighted by Crippen LogP contribution is 2.27. The lowest BCUT2D eigenvalue weighted by atomic mass is 9.88. The Morgan fingerprint density at radius 1 is 1.25 bits per heavy atom. The topological polar surface area (TPSA) is 41.6 Å². The number of ether oxygens (including phenoxy) is 1. The molecule has 1 saturated heterocycles. The maximum Gasteiger partial charge on any atom is 0.241 e. The van der Waals surface area contributed by atoms with Gasteiger partial charge in [0.2, 0.25) is 5.91 Å². The average molecular weight is 284 g/mol. The van der Waals surface area contributed by atoms with E-state index in [-0.39, 0.29) is 23.5 Å². The van der Waals surface area contributed by atoms with E-state index in [1.54, 1.807) is 7.11 Å². The highest BCUT2D eigenvalue weighted by Gasteiger charge is 2.39. The fourth-order valence-electron chi connectivity index (χ4n) is 2.86. The van der Waals surface area contributed by atoms with Crippen LogP contribution in [0.4, 0.5) is 0 Å². The molecule has 1 fully saturated rings. The monoisotopic (exact) mass is 284 g/mol. The first-order valence-electron chi connectivity index (χ1n) is 8.00. The van der Waals surface area contributed by atoms with Crippen molar-refractivity contribution in [2.24, 2.45) is 5.41 Å². The lowest BCUT2D eigenvalue weighted by Gasteiger charge is -2.33. The number of nitrogens with one attached hydrogen (secondary N) is 1. The molecular formula is C16H32N2O2. The normalized spacial score (nSPS) is 23.6. The number of carbonyl (C=O) groups is 1. The second kappa shape index (κ2) is 7.99. The Morgan fingerprint density at radius 3 is 2.45 bits per heavy atom. The molecule has 0 aliphatic carbocycles. The molecule has 1 aliphatic rings. The number of methoxy groups -OCH3 is 1. The minimum atomic E-state index is 0.0229. The van der Waals surface area contributed by atoms with Crippen molar-refractivity contribution < 1.29 is 9.53 Å². The van der Waals surface area contributed by atoms with Gasteiger partial charge in [-0.15, -0.1) is 0 Å². The van der Waals surface area contributed by atoms with Crippen LogP contribution in [0.2, 0.25) is 0 Å². The zero-order valence-electron chi connectivity index (χ0n) is 13.9. The van der Waals surface area contributed by atoms with Gasteiger partial charge in [-0.3, -0.25) is 10.1 Å². The van der Waals surface area contributed by atoms with E-state index in [0.29, 0.717) is 0 Å². The summed E-state index contributed by atoms with van der Waals surface area (Å²) in [7, 11) is 1.73. The van der Waals surface area contributed by atoms with Gasteiger partial charge in [-0.05, 0) is 24.7 Å². The summed E-state index contributed by atoms with van der Waals surface area (Å²) in [6.45, 7) is 10.3. The van der Waals surface area contributed by atoms with Crippen molar-refractivity contribution in [3.8, 4) is 0 Å². The zero-order valence-corrected chi connectivity index (χ0v) is 13.9. The molecule has 118 valence electrons. The van der Waals surface area contributed by atoms with Gasteiger partial charge in [0.25, 0.3) is 0 Å². The van der Waals surface area contributed by atoms with Gasteiger partial charge < -0.3 is 9.64 Å². The van der Waals surface area contributed by atoms with Crippen LogP contribution in [0.3, 0.4) is 0 Å². The Hall–Kier alpha value is -0.610. The van der Waals surface area contributed by atoms with Gasteiger partial charge in [-0.1, -0.05) is 40.5 Å². The summed E-state index contributed by atoms with van der Waals surface area (Å²) in [6.07, 6.45) is 5.30. The van der Waals surface area contributed by atoms with Crippen LogP contribution in [0.5, 0.6) is 0 Å². The molecule has 0 saturated carbocycles. The molecule has 2 atom stereocenters. The quantitative estimate of drug-likeness (QED) is 0.708. The van der Waals surface area contributed by atoms with E-state index in [2.05, 4.69) is 37.9 Å². The van der Waals surface area contributed by atoms with Crippen LogP contribution in [-0.4, -0.2) is 43.3 Å². The molecule has 0 bridgehead atoms. The van der Waals surface area contributed by atoms with Crippen LogP contribution < -0.4 is 5.32 Å². The predicted molar refractivity (Wildman–Crippen MR) is 82.5 cm³/mol. The summed E-state index contributed by atoms with van der Waals surface area (Å²) in [5.41, 5.74) is 0.0977. The zero-order chi connectivity index (χ0) is 15.2. The third-order valence-electron chi connectivity index (χ3n) is 4.07. The molecule has 4 nitrogen and oxygen atoms in total. The molecular weight excluding hydrogens is 252 g/mol. The van der Waals surface area contributed by atoms with E-state index in [9.17, 15) is 4.79 Å². The first-order chi connectivity index (χ1) is 9.45. The standard InChI is InChI=1S/C16H32N2O2/c1-6-8-13-15(19)18(14(17-13)9-7-2)12-16(3,4)10-11-20-5/h13-14,17H,6-12H2,1-5H3. The number of rotatable bonds is 9. The summed E-state index contributed by atoms with van der Waals surface area (Å²) >= 11 is 0. The largest absolute Gasteiger partial charge is 0.385 e. The van der Waals surface area contributed by atoms with Crippen LogP contribution in [-0.2, 0) is 9.53 Å². The Labute approximate surface area is 124 Å². The van der Waals surface area contributed by atoms with E-state index in [1.807, 2.05) is 0 Å². The average Bonchev–Trinajstić information content (AvgIpc) is 2.66. The Morgan fingerprint density at radius 2 is 1.90 bits per heavy atom. The molecule has 0 spiro atoms. The van der Waals surface area contributed by atoms with Gasteiger partial charge in [0, 0.05) is 20.3 Å². The molecule has 1 aliphatic heterocycles. The van der Waals surface area contributed by atoms with Crippen molar-refractivity contribution in [2.45, 2.75) is 72.0 Å². The minimum absolute atomic E-state index is 0.0229. The summed E-state index contributed by atoms with van der Waals surface area (Å²) in [5.74, 6) is 0.288. The first kappa shape index (κ1) is 17.4. The maximum absolute atomic E-state index is 12.6. The van der Waals surface area contributed by atoms with E-state index in [0.717, 1.165) is 45.3 Å². The summed E-state index contributed by atoms with van der Waals surface area (Å²) in [5, 5.41) is 3.52. The summed E-state index contributed by atoms with van der Waals surface area (Å²) in [6, 6.07) is 0.0229. The lowest BCUT2D eigenvalue weighted by molar-refractivity contribution is -0.131. The van der Waals surface area contributed by atoms with Crippen molar-refractivity contribution in [1.82, 2.24) is 10.2 Å². The smallest absolute Gasteiger partial charge is 0.241 e. The number of amides is 1. The highest BCUT2D eigenvalue weighted by molar-refractivity contribution is 5.84. The third kappa shape index (κ3) is 4.74. The van der Waals surface area contributed by atoms with E-state index >= 15 is 0 Å². The van der Waals surface area contributed by atoms with Gasteiger partial charge >= 0.3 is 0 Å². The van der Waals surface area contributed by atoms with Gasteiger partial charge in [0.1, 0.15) is 0 Å². The van der Waals surface area contributed by atoms with Gasteiger partial charge in [-0.25, -0.2) is 0 Å². The molecule has 4 heteroatoms. The highest BCUT2D eigenvalue weighted by atomic mass is 16.5. The molecule has 0 aromatic heterocycles. The molecule has 0 aromatic rings. The van der Waals surface area contributed by atoms with Crippen LogP contribution in [0.1, 0.15) is 59.8 Å². The molecule has 1 rings (SSSR count). The Kier molecular flexibility index (Phi) is 6.96. The SMILES string of the molecule is CCCC1NC(CCC)N(CC(C)(C)CCOC)C1=O. The number of nitrogens with zero attached hydrogens (tertiary/aromatic N) is 1.